The first-order valence-electron chi connectivity index (χ1n) is 9.66. The van der Waals surface area contributed by atoms with E-state index in [2.05, 4.69) is 16.0 Å². The summed E-state index contributed by atoms with van der Waals surface area (Å²) >= 11 is 0. The first kappa shape index (κ1) is 19.1. The summed E-state index contributed by atoms with van der Waals surface area (Å²) in [4.78, 5) is 29.4. The summed E-state index contributed by atoms with van der Waals surface area (Å²) in [5.74, 6) is 0.533. The number of nitriles is 1. The van der Waals surface area contributed by atoms with Crippen LogP contribution in [-0.2, 0) is 18.0 Å². The van der Waals surface area contributed by atoms with Crippen molar-refractivity contribution in [1.29, 1.82) is 5.26 Å². The molecule has 1 saturated heterocycles. The maximum absolute atomic E-state index is 12.5. The highest BCUT2D eigenvalue weighted by Gasteiger charge is 2.21. The number of hydroxylamine groups is 2. The van der Waals surface area contributed by atoms with E-state index in [1.54, 1.807) is 6.20 Å². The molecule has 0 aliphatic carbocycles. The zero-order valence-corrected chi connectivity index (χ0v) is 16.3. The predicted molar refractivity (Wildman–Crippen MR) is 109 cm³/mol. The Morgan fingerprint density at radius 1 is 1.17 bits per heavy atom. The SMILES string of the molecule is CCn1cc(C#N)c2nc(N3CCN(OCc4ccccc4)CC3)ncc2c1=O. The smallest absolute Gasteiger partial charge is 0.261 e. The molecule has 29 heavy (non-hydrogen) atoms. The first-order valence-corrected chi connectivity index (χ1v) is 9.66. The molecule has 4 rings (SSSR count). The quantitative estimate of drug-likeness (QED) is 0.658. The van der Waals surface area contributed by atoms with Crippen LogP contribution in [0.5, 0.6) is 0 Å². The summed E-state index contributed by atoms with van der Waals surface area (Å²) in [6.07, 6.45) is 3.10. The zero-order valence-electron chi connectivity index (χ0n) is 16.3. The number of anilines is 1. The highest BCUT2D eigenvalue weighted by molar-refractivity contribution is 5.83. The molecular weight excluding hydrogens is 368 g/mol. The van der Waals surface area contributed by atoms with E-state index in [0.29, 0.717) is 48.7 Å². The number of fused-ring (bicyclic) bond motifs is 1. The second kappa shape index (κ2) is 8.39. The average Bonchev–Trinajstić information content (AvgIpc) is 2.79. The van der Waals surface area contributed by atoms with Crippen molar-refractivity contribution in [3.8, 4) is 6.07 Å². The second-order valence-corrected chi connectivity index (χ2v) is 6.85. The Kier molecular flexibility index (Phi) is 5.51. The molecule has 3 aromatic rings. The van der Waals surface area contributed by atoms with Gasteiger partial charge in [0.15, 0.2) is 0 Å². The van der Waals surface area contributed by atoms with E-state index in [-0.39, 0.29) is 5.56 Å². The number of hydrogen-bond acceptors (Lipinski definition) is 7. The van der Waals surface area contributed by atoms with Crippen molar-refractivity contribution in [3.63, 3.8) is 0 Å². The van der Waals surface area contributed by atoms with Gasteiger partial charge in [0, 0.05) is 45.1 Å². The fourth-order valence-electron chi connectivity index (χ4n) is 3.39. The number of nitrogens with zero attached hydrogens (tertiary/aromatic N) is 6. The Morgan fingerprint density at radius 3 is 2.62 bits per heavy atom. The van der Waals surface area contributed by atoms with E-state index >= 15 is 0 Å². The van der Waals surface area contributed by atoms with Gasteiger partial charge in [0.1, 0.15) is 11.6 Å². The number of aromatic nitrogens is 3. The summed E-state index contributed by atoms with van der Waals surface area (Å²) in [6.45, 7) is 5.75. The normalized spacial score (nSPS) is 14.8. The molecule has 0 N–H and O–H groups in total. The third kappa shape index (κ3) is 3.97. The second-order valence-electron chi connectivity index (χ2n) is 6.85. The Labute approximate surface area is 168 Å². The molecule has 3 heterocycles. The van der Waals surface area contributed by atoms with E-state index in [9.17, 15) is 10.1 Å². The van der Waals surface area contributed by atoms with Crippen molar-refractivity contribution < 1.29 is 4.84 Å². The van der Waals surface area contributed by atoms with Crippen LogP contribution >= 0.6 is 0 Å². The maximum Gasteiger partial charge on any atom is 0.261 e. The number of hydrogen-bond donors (Lipinski definition) is 0. The predicted octanol–water partition coefficient (Wildman–Crippen LogP) is 1.94. The lowest BCUT2D eigenvalue weighted by atomic mass is 10.2. The van der Waals surface area contributed by atoms with Crippen LogP contribution in [0.3, 0.4) is 0 Å². The van der Waals surface area contributed by atoms with Crippen LogP contribution in [0.25, 0.3) is 10.9 Å². The van der Waals surface area contributed by atoms with Crippen molar-refractivity contribution in [2.75, 3.05) is 31.1 Å². The van der Waals surface area contributed by atoms with Gasteiger partial charge in [-0.25, -0.2) is 9.97 Å². The van der Waals surface area contributed by atoms with Crippen LogP contribution in [0.1, 0.15) is 18.1 Å². The van der Waals surface area contributed by atoms with Crippen LogP contribution in [0.4, 0.5) is 5.95 Å². The van der Waals surface area contributed by atoms with E-state index < -0.39 is 0 Å². The van der Waals surface area contributed by atoms with Crippen molar-refractivity contribution in [1.82, 2.24) is 19.6 Å². The van der Waals surface area contributed by atoms with Crippen molar-refractivity contribution in [3.05, 3.63) is 64.2 Å². The molecule has 2 aromatic heterocycles. The fourth-order valence-corrected chi connectivity index (χ4v) is 3.39. The molecule has 0 amide bonds. The minimum atomic E-state index is -0.174. The summed E-state index contributed by atoms with van der Waals surface area (Å²) in [6, 6.07) is 12.2. The van der Waals surface area contributed by atoms with Gasteiger partial charge in [0.2, 0.25) is 5.95 Å². The number of aryl methyl sites for hydroxylation is 1. The topological polar surface area (TPSA) is 87.3 Å². The van der Waals surface area contributed by atoms with E-state index in [1.165, 1.54) is 10.8 Å². The van der Waals surface area contributed by atoms with Gasteiger partial charge in [0.05, 0.1) is 17.6 Å². The lowest BCUT2D eigenvalue weighted by molar-refractivity contribution is -0.171. The van der Waals surface area contributed by atoms with Gasteiger partial charge >= 0.3 is 0 Å². The maximum atomic E-state index is 12.5. The monoisotopic (exact) mass is 390 g/mol. The van der Waals surface area contributed by atoms with E-state index in [4.69, 9.17) is 4.84 Å². The number of piperazine rings is 1. The summed E-state index contributed by atoms with van der Waals surface area (Å²) in [5, 5.41) is 11.8. The van der Waals surface area contributed by atoms with E-state index in [1.807, 2.05) is 47.2 Å². The molecule has 8 heteroatoms. The van der Waals surface area contributed by atoms with Gasteiger partial charge in [0.25, 0.3) is 5.56 Å². The zero-order chi connectivity index (χ0) is 20.2. The molecule has 1 aliphatic heterocycles. The summed E-state index contributed by atoms with van der Waals surface area (Å²) in [7, 11) is 0. The third-order valence-electron chi connectivity index (χ3n) is 5.05. The molecule has 148 valence electrons. The van der Waals surface area contributed by atoms with Crippen LogP contribution in [0, 0.1) is 11.3 Å². The molecule has 8 nitrogen and oxygen atoms in total. The fraction of sp³-hybridized carbons (Fsp3) is 0.333. The van der Waals surface area contributed by atoms with Gasteiger partial charge in [-0.05, 0) is 12.5 Å². The molecule has 0 unspecified atom stereocenters. The van der Waals surface area contributed by atoms with Gasteiger partial charge in [-0.2, -0.15) is 10.3 Å². The highest BCUT2D eigenvalue weighted by atomic mass is 16.7. The highest BCUT2D eigenvalue weighted by Crippen LogP contribution is 2.18. The number of rotatable bonds is 5. The molecular formula is C21H22N6O2. The summed E-state index contributed by atoms with van der Waals surface area (Å²) < 4.78 is 1.51. The molecule has 1 fully saturated rings. The molecule has 1 aromatic carbocycles. The standard InChI is InChI=1S/C21H22N6O2/c1-2-25-14-17(12-22)19-18(20(25)28)13-23-21(24-19)26-8-10-27(11-9-26)29-15-16-6-4-3-5-7-16/h3-7,13-14H,2,8-11,15H2,1H3. The molecule has 0 atom stereocenters. The molecule has 0 saturated carbocycles. The van der Waals surface area contributed by atoms with Crippen LogP contribution < -0.4 is 10.5 Å². The molecule has 0 spiro atoms. The number of benzene rings is 1. The minimum Gasteiger partial charge on any atom is -0.338 e. The average molecular weight is 390 g/mol. The van der Waals surface area contributed by atoms with Gasteiger partial charge < -0.3 is 9.47 Å². The Hall–Kier alpha value is -3.28. The van der Waals surface area contributed by atoms with Crippen LogP contribution in [0.15, 0.2) is 47.5 Å². The minimum absolute atomic E-state index is 0.174. The largest absolute Gasteiger partial charge is 0.338 e. The lowest BCUT2D eigenvalue weighted by Crippen LogP contribution is -2.46. The van der Waals surface area contributed by atoms with E-state index in [0.717, 1.165) is 18.7 Å². The van der Waals surface area contributed by atoms with Gasteiger partial charge in [-0.15, -0.1) is 0 Å². The Bertz CT molecular complexity index is 1100. The van der Waals surface area contributed by atoms with Gasteiger partial charge in [-0.1, -0.05) is 30.3 Å². The molecule has 0 radical (unpaired) electrons. The van der Waals surface area contributed by atoms with Crippen molar-refractivity contribution >= 4 is 16.9 Å². The Balaban J connectivity index is 1.47. The van der Waals surface area contributed by atoms with Gasteiger partial charge in [-0.3, -0.25) is 9.63 Å². The Morgan fingerprint density at radius 2 is 1.93 bits per heavy atom. The van der Waals surface area contributed by atoms with Crippen molar-refractivity contribution in [2.45, 2.75) is 20.1 Å². The van der Waals surface area contributed by atoms with Crippen LogP contribution in [-0.4, -0.2) is 45.8 Å². The van der Waals surface area contributed by atoms with Crippen LogP contribution in [0.2, 0.25) is 0 Å². The third-order valence-corrected chi connectivity index (χ3v) is 5.05. The lowest BCUT2D eigenvalue weighted by Gasteiger charge is -2.33. The number of pyridine rings is 1. The van der Waals surface area contributed by atoms with Crippen molar-refractivity contribution in [2.24, 2.45) is 0 Å². The first-order chi connectivity index (χ1) is 14.2. The molecule has 0 bridgehead atoms. The summed E-state index contributed by atoms with van der Waals surface area (Å²) in [5.41, 5.74) is 1.76. The molecule has 1 aliphatic rings.